The van der Waals surface area contributed by atoms with Crippen molar-refractivity contribution in [2.45, 2.75) is 18.7 Å². The summed E-state index contributed by atoms with van der Waals surface area (Å²) < 4.78 is 0. The molecular weight excluding hydrogens is 202 g/mol. The summed E-state index contributed by atoms with van der Waals surface area (Å²) in [4.78, 5) is 1.37. The Morgan fingerprint density at radius 2 is 2.13 bits per heavy atom. The van der Waals surface area contributed by atoms with Crippen molar-refractivity contribution in [1.82, 2.24) is 5.32 Å². The van der Waals surface area contributed by atoms with Crippen molar-refractivity contribution in [3.8, 4) is 0 Å². The molecule has 15 heavy (non-hydrogen) atoms. The van der Waals surface area contributed by atoms with Gasteiger partial charge in [-0.3, -0.25) is 0 Å². The summed E-state index contributed by atoms with van der Waals surface area (Å²) in [5, 5.41) is 3.12. The smallest absolute Gasteiger partial charge is 0.0200 e. The second kappa shape index (κ2) is 5.99. The van der Waals surface area contributed by atoms with E-state index in [9.17, 15) is 0 Å². The van der Waals surface area contributed by atoms with Crippen LogP contribution in [0.2, 0.25) is 0 Å². The van der Waals surface area contributed by atoms with Gasteiger partial charge in [0.1, 0.15) is 0 Å². The predicted molar refractivity (Wildman–Crippen MR) is 69.7 cm³/mol. The van der Waals surface area contributed by atoms with Gasteiger partial charge in [-0.25, -0.2) is 0 Å². The van der Waals surface area contributed by atoms with Crippen molar-refractivity contribution in [1.29, 1.82) is 0 Å². The molecule has 0 heterocycles. The molecular formula is C13H19NS. The second-order valence-corrected chi connectivity index (χ2v) is 4.86. The molecule has 0 aliphatic carbocycles. The molecule has 0 bridgehead atoms. The Kier molecular flexibility index (Phi) is 4.92. The molecule has 0 radical (unpaired) electrons. The van der Waals surface area contributed by atoms with Crippen LogP contribution in [0.5, 0.6) is 0 Å². The molecule has 0 fully saturated rings. The van der Waals surface area contributed by atoms with Gasteiger partial charge in [0.15, 0.2) is 0 Å². The van der Waals surface area contributed by atoms with Crippen LogP contribution in [0.4, 0.5) is 0 Å². The first-order valence-corrected chi connectivity index (χ1v) is 6.13. The third-order valence-corrected chi connectivity index (χ3v) is 3.51. The highest BCUT2D eigenvalue weighted by atomic mass is 32.2. The lowest BCUT2D eigenvalue weighted by Gasteiger charge is -2.08. The number of aryl methyl sites for hydroxylation is 2. The molecule has 1 aromatic rings. The van der Waals surface area contributed by atoms with E-state index in [-0.39, 0.29) is 0 Å². The van der Waals surface area contributed by atoms with Crippen molar-refractivity contribution in [2.24, 2.45) is 0 Å². The Morgan fingerprint density at radius 1 is 1.40 bits per heavy atom. The Hall–Kier alpha value is -0.730. The van der Waals surface area contributed by atoms with Gasteiger partial charge >= 0.3 is 0 Å². The number of benzene rings is 1. The van der Waals surface area contributed by atoms with Gasteiger partial charge in [-0.1, -0.05) is 29.8 Å². The van der Waals surface area contributed by atoms with Crippen LogP contribution in [-0.4, -0.2) is 19.3 Å². The number of thioether (sulfide) groups is 1. The van der Waals surface area contributed by atoms with Crippen LogP contribution in [0, 0.1) is 13.8 Å². The summed E-state index contributed by atoms with van der Waals surface area (Å²) in [6, 6.07) is 6.58. The Morgan fingerprint density at radius 3 is 2.80 bits per heavy atom. The topological polar surface area (TPSA) is 12.0 Å². The molecule has 0 aromatic heterocycles. The van der Waals surface area contributed by atoms with Crippen molar-refractivity contribution in [3.63, 3.8) is 0 Å². The van der Waals surface area contributed by atoms with Crippen LogP contribution < -0.4 is 5.32 Å². The Balaban J connectivity index is 2.57. The highest BCUT2D eigenvalue weighted by Gasteiger charge is 2.00. The summed E-state index contributed by atoms with van der Waals surface area (Å²) in [5.41, 5.74) is 3.91. The molecule has 2 heteroatoms. The van der Waals surface area contributed by atoms with E-state index in [0.29, 0.717) is 0 Å². The zero-order chi connectivity index (χ0) is 11.3. The van der Waals surface area contributed by atoms with Gasteiger partial charge in [0.25, 0.3) is 0 Å². The van der Waals surface area contributed by atoms with Crippen LogP contribution in [-0.2, 0) is 0 Å². The maximum atomic E-state index is 4.03. The van der Waals surface area contributed by atoms with Gasteiger partial charge in [0, 0.05) is 17.2 Å². The average molecular weight is 221 g/mol. The molecule has 0 atom stereocenters. The SMILES string of the molecule is C=C(CNC)CSc1cc(C)ccc1C. The predicted octanol–water partition coefficient (Wildman–Crippen LogP) is 3.17. The van der Waals surface area contributed by atoms with E-state index in [4.69, 9.17) is 0 Å². The zero-order valence-electron chi connectivity index (χ0n) is 9.76. The Bertz CT molecular complexity index is 344. The molecule has 0 aliphatic heterocycles. The van der Waals surface area contributed by atoms with Gasteiger partial charge in [-0.05, 0) is 32.5 Å². The largest absolute Gasteiger partial charge is 0.316 e. The number of rotatable bonds is 5. The molecule has 1 N–H and O–H groups in total. The molecule has 0 unspecified atom stereocenters. The normalized spacial score (nSPS) is 10.3. The van der Waals surface area contributed by atoms with Gasteiger partial charge in [0.05, 0.1) is 0 Å². The fraction of sp³-hybridized carbons (Fsp3) is 0.385. The van der Waals surface area contributed by atoms with Crippen molar-refractivity contribution in [3.05, 3.63) is 41.5 Å². The maximum absolute atomic E-state index is 4.03. The first-order chi connectivity index (χ1) is 7.13. The third kappa shape index (κ3) is 4.10. The molecule has 0 aliphatic rings. The van der Waals surface area contributed by atoms with Gasteiger partial charge in [0.2, 0.25) is 0 Å². The van der Waals surface area contributed by atoms with Crippen LogP contribution in [0.25, 0.3) is 0 Å². The van der Waals surface area contributed by atoms with E-state index in [1.807, 2.05) is 18.8 Å². The summed E-state index contributed by atoms with van der Waals surface area (Å²) in [7, 11) is 1.95. The molecule has 0 spiro atoms. The Labute approximate surface area is 97.0 Å². The highest BCUT2D eigenvalue weighted by Crippen LogP contribution is 2.24. The van der Waals surface area contributed by atoms with Crippen molar-refractivity contribution < 1.29 is 0 Å². The van der Waals surface area contributed by atoms with Gasteiger partial charge in [-0.15, -0.1) is 11.8 Å². The lowest BCUT2D eigenvalue weighted by atomic mass is 10.2. The standard InChI is InChI=1S/C13H19NS/c1-10-5-6-12(3)13(7-10)15-9-11(2)8-14-4/h5-7,14H,2,8-9H2,1,3-4H3. The van der Waals surface area contributed by atoms with Gasteiger partial charge < -0.3 is 5.32 Å². The van der Waals surface area contributed by atoms with Crippen LogP contribution >= 0.6 is 11.8 Å². The third-order valence-electron chi connectivity index (χ3n) is 2.20. The van der Waals surface area contributed by atoms with Crippen LogP contribution in [0.15, 0.2) is 35.2 Å². The highest BCUT2D eigenvalue weighted by molar-refractivity contribution is 7.99. The summed E-state index contributed by atoms with van der Waals surface area (Å²) in [5.74, 6) is 0.991. The van der Waals surface area contributed by atoms with E-state index in [2.05, 4.69) is 43.9 Å². The average Bonchev–Trinajstić information content (AvgIpc) is 2.20. The molecule has 0 saturated carbocycles. The van der Waals surface area contributed by atoms with E-state index in [1.54, 1.807) is 0 Å². The lowest BCUT2D eigenvalue weighted by Crippen LogP contribution is -2.10. The van der Waals surface area contributed by atoms with Crippen molar-refractivity contribution in [2.75, 3.05) is 19.3 Å². The zero-order valence-corrected chi connectivity index (χ0v) is 10.6. The second-order valence-electron chi connectivity index (χ2n) is 3.84. The van der Waals surface area contributed by atoms with E-state index in [1.165, 1.54) is 21.6 Å². The fourth-order valence-corrected chi connectivity index (χ4v) is 2.37. The summed E-state index contributed by atoms with van der Waals surface area (Å²) >= 11 is 1.87. The molecule has 1 aromatic carbocycles. The molecule has 82 valence electrons. The summed E-state index contributed by atoms with van der Waals surface area (Å²) in [6.07, 6.45) is 0. The molecule has 0 saturated heterocycles. The fourth-order valence-electron chi connectivity index (χ4n) is 1.34. The minimum absolute atomic E-state index is 0.901. The minimum Gasteiger partial charge on any atom is -0.316 e. The number of hydrogen-bond acceptors (Lipinski definition) is 2. The first kappa shape index (κ1) is 12.3. The van der Waals surface area contributed by atoms with E-state index < -0.39 is 0 Å². The quantitative estimate of drug-likeness (QED) is 0.605. The number of nitrogens with one attached hydrogen (secondary N) is 1. The maximum Gasteiger partial charge on any atom is 0.0200 e. The molecule has 1 nitrogen and oxygen atoms in total. The first-order valence-electron chi connectivity index (χ1n) is 5.15. The van der Waals surface area contributed by atoms with E-state index in [0.717, 1.165) is 12.3 Å². The lowest BCUT2D eigenvalue weighted by molar-refractivity contribution is 0.885. The monoisotopic (exact) mass is 221 g/mol. The van der Waals surface area contributed by atoms with E-state index >= 15 is 0 Å². The number of likely N-dealkylation sites (N-methyl/N-ethyl adjacent to an activating group) is 1. The van der Waals surface area contributed by atoms with Crippen molar-refractivity contribution >= 4 is 11.8 Å². The number of hydrogen-bond donors (Lipinski definition) is 1. The molecule has 1 rings (SSSR count). The van der Waals surface area contributed by atoms with Crippen LogP contribution in [0.3, 0.4) is 0 Å². The van der Waals surface area contributed by atoms with Gasteiger partial charge in [-0.2, -0.15) is 0 Å². The summed E-state index contributed by atoms with van der Waals surface area (Å²) in [6.45, 7) is 9.22. The molecule has 0 amide bonds. The minimum atomic E-state index is 0.901. The van der Waals surface area contributed by atoms with Crippen LogP contribution in [0.1, 0.15) is 11.1 Å².